The molecule has 1 aromatic carbocycles. The molecule has 0 aliphatic carbocycles. The standard InChI is InChI=1S/C15H23N3O2/c1-15(2)17-12(14(20)18(15)3)13(19)11(16)9-10-7-5-4-6-8-10/h4-8,11-13,17,19H,9,16H2,1-3H3/t11-,12-,13-/m0/s1. The molecule has 0 radical (unpaired) electrons. The zero-order chi connectivity index (χ0) is 14.9. The van der Waals surface area contributed by atoms with Crippen molar-refractivity contribution in [1.29, 1.82) is 0 Å². The van der Waals surface area contributed by atoms with E-state index in [1.54, 1.807) is 11.9 Å². The first kappa shape index (κ1) is 15.0. The Labute approximate surface area is 119 Å². The van der Waals surface area contributed by atoms with E-state index in [0.717, 1.165) is 5.56 Å². The van der Waals surface area contributed by atoms with Crippen LogP contribution in [0, 0.1) is 0 Å². The number of hydrogen-bond donors (Lipinski definition) is 3. The molecular weight excluding hydrogens is 254 g/mol. The molecule has 1 fully saturated rings. The molecular formula is C15H23N3O2. The first-order valence-corrected chi connectivity index (χ1v) is 6.86. The Morgan fingerprint density at radius 2 is 2.00 bits per heavy atom. The van der Waals surface area contributed by atoms with Crippen molar-refractivity contribution < 1.29 is 9.90 Å². The summed E-state index contributed by atoms with van der Waals surface area (Å²) < 4.78 is 0. The van der Waals surface area contributed by atoms with Gasteiger partial charge in [-0.1, -0.05) is 30.3 Å². The number of rotatable bonds is 4. The second kappa shape index (κ2) is 5.52. The fourth-order valence-corrected chi connectivity index (χ4v) is 2.51. The summed E-state index contributed by atoms with van der Waals surface area (Å²) in [5, 5.41) is 13.5. The number of aliphatic hydroxyl groups excluding tert-OH is 1. The molecule has 110 valence electrons. The maximum atomic E-state index is 12.2. The van der Waals surface area contributed by atoms with Gasteiger partial charge in [-0.25, -0.2) is 0 Å². The van der Waals surface area contributed by atoms with Gasteiger partial charge in [0.2, 0.25) is 5.91 Å². The third-order valence-corrected chi connectivity index (χ3v) is 4.04. The van der Waals surface area contributed by atoms with Crippen LogP contribution in [0.25, 0.3) is 0 Å². The van der Waals surface area contributed by atoms with E-state index in [-0.39, 0.29) is 5.91 Å². The average molecular weight is 277 g/mol. The lowest BCUT2D eigenvalue weighted by atomic mass is 9.97. The topological polar surface area (TPSA) is 78.6 Å². The van der Waals surface area contributed by atoms with Crippen LogP contribution in [0.1, 0.15) is 19.4 Å². The summed E-state index contributed by atoms with van der Waals surface area (Å²) in [5.74, 6) is -0.119. The molecule has 5 nitrogen and oxygen atoms in total. The van der Waals surface area contributed by atoms with Gasteiger partial charge in [0.15, 0.2) is 0 Å². The maximum absolute atomic E-state index is 12.2. The highest BCUT2D eigenvalue weighted by molar-refractivity contribution is 5.85. The Hall–Kier alpha value is -1.43. The molecule has 2 rings (SSSR count). The first-order valence-electron chi connectivity index (χ1n) is 6.86. The SMILES string of the molecule is CN1C(=O)[C@H]([C@@H](O)[C@@H](N)Cc2ccccc2)NC1(C)C. The van der Waals surface area contributed by atoms with E-state index >= 15 is 0 Å². The summed E-state index contributed by atoms with van der Waals surface area (Å²) in [4.78, 5) is 13.8. The number of hydrogen-bond acceptors (Lipinski definition) is 4. The van der Waals surface area contributed by atoms with E-state index in [0.29, 0.717) is 6.42 Å². The molecule has 0 saturated carbocycles. The van der Waals surface area contributed by atoms with E-state index < -0.39 is 23.9 Å². The summed E-state index contributed by atoms with van der Waals surface area (Å²) in [6, 6.07) is 8.61. The molecule has 3 atom stereocenters. The van der Waals surface area contributed by atoms with Crippen LogP contribution < -0.4 is 11.1 Å². The predicted molar refractivity (Wildman–Crippen MR) is 77.9 cm³/mol. The molecule has 0 spiro atoms. The largest absolute Gasteiger partial charge is 0.389 e. The van der Waals surface area contributed by atoms with Gasteiger partial charge >= 0.3 is 0 Å². The van der Waals surface area contributed by atoms with Gasteiger partial charge in [0.1, 0.15) is 6.04 Å². The second-order valence-corrected chi connectivity index (χ2v) is 5.92. The number of carbonyl (C=O) groups excluding carboxylic acids is 1. The van der Waals surface area contributed by atoms with E-state index in [9.17, 15) is 9.90 Å². The Morgan fingerprint density at radius 3 is 2.50 bits per heavy atom. The van der Waals surface area contributed by atoms with Crippen molar-refractivity contribution in [2.75, 3.05) is 7.05 Å². The van der Waals surface area contributed by atoms with Gasteiger partial charge in [0.25, 0.3) is 0 Å². The monoisotopic (exact) mass is 277 g/mol. The van der Waals surface area contributed by atoms with Crippen LogP contribution in [-0.2, 0) is 11.2 Å². The third-order valence-electron chi connectivity index (χ3n) is 4.04. The fraction of sp³-hybridized carbons (Fsp3) is 0.533. The average Bonchev–Trinajstić information content (AvgIpc) is 2.62. The van der Waals surface area contributed by atoms with Crippen LogP contribution in [0.5, 0.6) is 0 Å². The van der Waals surface area contributed by atoms with E-state index in [4.69, 9.17) is 5.73 Å². The Bertz CT molecular complexity index is 475. The Morgan fingerprint density at radius 1 is 1.40 bits per heavy atom. The molecule has 1 heterocycles. The van der Waals surface area contributed by atoms with Gasteiger partial charge < -0.3 is 15.7 Å². The molecule has 1 aliphatic heterocycles. The first-order chi connectivity index (χ1) is 9.33. The van der Waals surface area contributed by atoms with Crippen molar-refractivity contribution >= 4 is 5.91 Å². The lowest BCUT2D eigenvalue weighted by Gasteiger charge is -2.27. The number of aliphatic hydroxyl groups is 1. The molecule has 0 unspecified atom stereocenters. The molecule has 1 saturated heterocycles. The minimum Gasteiger partial charge on any atom is -0.389 e. The lowest BCUT2D eigenvalue weighted by Crippen LogP contribution is -2.53. The number of carbonyl (C=O) groups is 1. The highest BCUT2D eigenvalue weighted by Crippen LogP contribution is 2.22. The van der Waals surface area contributed by atoms with Crippen molar-refractivity contribution in [2.45, 2.75) is 44.1 Å². The van der Waals surface area contributed by atoms with Gasteiger partial charge in [-0.2, -0.15) is 0 Å². The molecule has 1 aromatic rings. The van der Waals surface area contributed by atoms with Crippen molar-refractivity contribution in [2.24, 2.45) is 5.73 Å². The van der Waals surface area contributed by atoms with Crippen molar-refractivity contribution in [1.82, 2.24) is 10.2 Å². The highest BCUT2D eigenvalue weighted by atomic mass is 16.3. The molecule has 4 N–H and O–H groups in total. The summed E-state index contributed by atoms with van der Waals surface area (Å²) >= 11 is 0. The summed E-state index contributed by atoms with van der Waals surface area (Å²) in [6.07, 6.45) is -0.371. The van der Waals surface area contributed by atoms with Gasteiger partial charge in [-0.3, -0.25) is 10.1 Å². The quantitative estimate of drug-likeness (QED) is 0.728. The van der Waals surface area contributed by atoms with Gasteiger partial charge in [0, 0.05) is 13.1 Å². The Kier molecular flexibility index (Phi) is 4.13. The van der Waals surface area contributed by atoms with Gasteiger partial charge in [-0.15, -0.1) is 0 Å². The summed E-state index contributed by atoms with van der Waals surface area (Å²) in [5.41, 5.74) is 6.65. The minimum absolute atomic E-state index is 0.119. The van der Waals surface area contributed by atoms with Gasteiger partial charge in [-0.05, 0) is 25.8 Å². The number of nitrogens with two attached hydrogens (primary N) is 1. The van der Waals surface area contributed by atoms with Crippen LogP contribution in [0.2, 0.25) is 0 Å². The minimum atomic E-state index is -0.910. The van der Waals surface area contributed by atoms with Crippen LogP contribution >= 0.6 is 0 Å². The lowest BCUT2D eigenvalue weighted by molar-refractivity contribution is -0.132. The molecule has 5 heteroatoms. The number of likely N-dealkylation sites (N-methyl/N-ethyl adjacent to an activating group) is 1. The number of nitrogens with one attached hydrogen (secondary N) is 1. The van der Waals surface area contributed by atoms with Gasteiger partial charge in [0.05, 0.1) is 11.8 Å². The smallest absolute Gasteiger partial charge is 0.243 e. The zero-order valence-electron chi connectivity index (χ0n) is 12.2. The molecule has 0 aromatic heterocycles. The highest BCUT2D eigenvalue weighted by Gasteiger charge is 2.46. The van der Waals surface area contributed by atoms with E-state index in [1.165, 1.54) is 0 Å². The predicted octanol–water partition coefficient (Wildman–Crippen LogP) is 0.0836. The maximum Gasteiger partial charge on any atom is 0.243 e. The summed E-state index contributed by atoms with van der Waals surface area (Å²) in [6.45, 7) is 3.81. The van der Waals surface area contributed by atoms with Crippen LogP contribution in [-0.4, -0.2) is 46.8 Å². The van der Waals surface area contributed by atoms with E-state index in [1.807, 2.05) is 44.2 Å². The van der Waals surface area contributed by atoms with Crippen LogP contribution in [0.15, 0.2) is 30.3 Å². The molecule has 1 aliphatic rings. The van der Waals surface area contributed by atoms with Crippen molar-refractivity contribution in [3.8, 4) is 0 Å². The second-order valence-electron chi connectivity index (χ2n) is 5.92. The summed E-state index contributed by atoms with van der Waals surface area (Å²) in [7, 11) is 1.73. The Balaban J connectivity index is 2.04. The number of nitrogens with zero attached hydrogens (tertiary/aromatic N) is 1. The number of benzene rings is 1. The molecule has 1 amide bonds. The van der Waals surface area contributed by atoms with E-state index in [2.05, 4.69) is 5.32 Å². The fourth-order valence-electron chi connectivity index (χ4n) is 2.51. The normalized spacial score (nSPS) is 24.8. The van der Waals surface area contributed by atoms with Crippen molar-refractivity contribution in [3.05, 3.63) is 35.9 Å². The number of amides is 1. The van der Waals surface area contributed by atoms with Crippen LogP contribution in [0.4, 0.5) is 0 Å². The zero-order valence-corrected chi connectivity index (χ0v) is 12.2. The molecule has 0 bridgehead atoms. The molecule has 20 heavy (non-hydrogen) atoms. The van der Waals surface area contributed by atoms with Crippen molar-refractivity contribution in [3.63, 3.8) is 0 Å². The van der Waals surface area contributed by atoms with Crippen LogP contribution in [0.3, 0.4) is 0 Å². The third kappa shape index (κ3) is 2.85.